The van der Waals surface area contributed by atoms with E-state index >= 15 is 0 Å². The molecule has 1 aromatic heterocycles. The van der Waals surface area contributed by atoms with E-state index in [2.05, 4.69) is 16.4 Å². The van der Waals surface area contributed by atoms with Gasteiger partial charge in [0.1, 0.15) is 5.69 Å². The van der Waals surface area contributed by atoms with Gasteiger partial charge in [0, 0.05) is 23.6 Å². The number of fused-ring (bicyclic) bond motifs is 1. The fourth-order valence-corrected chi connectivity index (χ4v) is 3.40. The smallest absolute Gasteiger partial charge is 0.270 e. The van der Waals surface area contributed by atoms with Crippen molar-refractivity contribution in [2.24, 2.45) is 0 Å². The van der Waals surface area contributed by atoms with Crippen LogP contribution in [0, 0.1) is 27.7 Å². The van der Waals surface area contributed by atoms with E-state index in [0.29, 0.717) is 5.69 Å². The molecule has 0 atom stereocenters. The van der Waals surface area contributed by atoms with E-state index in [-0.39, 0.29) is 18.4 Å². The van der Waals surface area contributed by atoms with Gasteiger partial charge >= 0.3 is 0 Å². The van der Waals surface area contributed by atoms with Gasteiger partial charge in [-0.2, -0.15) is 0 Å². The minimum Gasteiger partial charge on any atom is -0.351 e. The Morgan fingerprint density at radius 3 is 2.33 bits per heavy atom. The van der Waals surface area contributed by atoms with Crippen LogP contribution in [-0.4, -0.2) is 35.3 Å². The van der Waals surface area contributed by atoms with E-state index in [1.54, 1.807) is 7.05 Å². The van der Waals surface area contributed by atoms with Crippen LogP contribution in [0.25, 0.3) is 10.9 Å². The van der Waals surface area contributed by atoms with E-state index in [0.717, 1.165) is 38.8 Å². The summed E-state index contributed by atoms with van der Waals surface area (Å²) < 4.78 is 0. The maximum atomic E-state index is 12.7. The summed E-state index contributed by atoms with van der Waals surface area (Å²) in [6.07, 6.45) is 0. The van der Waals surface area contributed by atoms with Crippen molar-refractivity contribution in [2.75, 3.05) is 18.9 Å². The number of carbonyl (C=O) groups excluding carboxylic acids is 2. The second kappa shape index (κ2) is 7.27. The highest BCUT2D eigenvalue weighted by Gasteiger charge is 2.18. The van der Waals surface area contributed by atoms with Gasteiger partial charge in [-0.1, -0.05) is 24.3 Å². The van der Waals surface area contributed by atoms with Gasteiger partial charge in [0.2, 0.25) is 5.91 Å². The van der Waals surface area contributed by atoms with Crippen molar-refractivity contribution in [3.8, 4) is 0 Å². The molecule has 0 radical (unpaired) electrons. The Hall–Kier alpha value is -3.08. The number of nitrogens with one attached hydrogen (secondary N) is 2. The van der Waals surface area contributed by atoms with Crippen LogP contribution in [-0.2, 0) is 4.79 Å². The first kappa shape index (κ1) is 18.7. The molecule has 0 aliphatic carbocycles. The van der Waals surface area contributed by atoms with Crippen LogP contribution in [0.5, 0.6) is 0 Å². The van der Waals surface area contributed by atoms with Gasteiger partial charge < -0.3 is 15.2 Å². The summed E-state index contributed by atoms with van der Waals surface area (Å²) >= 11 is 0. The Balaban J connectivity index is 1.74. The Morgan fingerprint density at radius 1 is 1.00 bits per heavy atom. The number of benzene rings is 2. The fraction of sp³-hybridized carbons (Fsp3) is 0.273. The van der Waals surface area contributed by atoms with Gasteiger partial charge in [-0.25, -0.2) is 0 Å². The van der Waals surface area contributed by atoms with Gasteiger partial charge in [0.05, 0.1) is 6.54 Å². The molecule has 0 bridgehead atoms. The molecule has 5 heteroatoms. The van der Waals surface area contributed by atoms with Crippen LogP contribution >= 0.6 is 0 Å². The molecular weight excluding hydrogens is 338 g/mol. The maximum Gasteiger partial charge on any atom is 0.270 e. The molecule has 0 spiro atoms. The zero-order chi connectivity index (χ0) is 19.7. The minimum atomic E-state index is -0.216. The first-order valence-electron chi connectivity index (χ1n) is 8.97. The number of likely N-dealkylation sites (N-methyl/N-ethyl adjacent to an activating group) is 1. The summed E-state index contributed by atoms with van der Waals surface area (Å²) in [5, 5.41) is 3.94. The lowest BCUT2D eigenvalue weighted by atomic mass is 10.1. The number of hydrogen-bond donors (Lipinski definition) is 2. The zero-order valence-corrected chi connectivity index (χ0v) is 16.4. The molecule has 2 N–H and O–H groups in total. The molecule has 0 fully saturated rings. The van der Waals surface area contributed by atoms with Gasteiger partial charge in [0.15, 0.2) is 0 Å². The van der Waals surface area contributed by atoms with Crippen LogP contribution in [0.3, 0.4) is 0 Å². The topological polar surface area (TPSA) is 65.2 Å². The molecule has 2 aromatic carbocycles. The van der Waals surface area contributed by atoms with Crippen molar-refractivity contribution in [3.63, 3.8) is 0 Å². The van der Waals surface area contributed by atoms with Crippen LogP contribution < -0.4 is 5.32 Å². The van der Waals surface area contributed by atoms with Gasteiger partial charge in [-0.05, 0) is 62.1 Å². The number of carbonyl (C=O) groups is 2. The van der Waals surface area contributed by atoms with E-state index in [9.17, 15) is 9.59 Å². The largest absolute Gasteiger partial charge is 0.351 e. The molecular formula is C22H25N3O2. The molecule has 140 valence electrons. The third-order valence-electron chi connectivity index (χ3n) is 4.79. The normalized spacial score (nSPS) is 10.9. The van der Waals surface area contributed by atoms with Crippen LogP contribution in [0.2, 0.25) is 0 Å². The van der Waals surface area contributed by atoms with E-state index in [4.69, 9.17) is 0 Å². The fourth-order valence-electron chi connectivity index (χ4n) is 3.40. The number of aromatic amines is 1. The Bertz CT molecular complexity index is 1010. The molecule has 2 amide bonds. The Kier molecular flexibility index (Phi) is 5.04. The number of anilines is 1. The third-order valence-corrected chi connectivity index (χ3v) is 4.79. The predicted octanol–water partition coefficient (Wildman–Crippen LogP) is 4.11. The zero-order valence-electron chi connectivity index (χ0n) is 16.4. The monoisotopic (exact) mass is 363 g/mol. The quantitative estimate of drug-likeness (QED) is 0.732. The second-order valence-electron chi connectivity index (χ2n) is 7.20. The van der Waals surface area contributed by atoms with E-state index in [1.165, 1.54) is 4.90 Å². The van der Waals surface area contributed by atoms with Crippen molar-refractivity contribution in [1.82, 2.24) is 9.88 Å². The molecule has 0 saturated heterocycles. The van der Waals surface area contributed by atoms with Gasteiger partial charge in [0.25, 0.3) is 5.91 Å². The highest BCUT2D eigenvalue weighted by Crippen LogP contribution is 2.22. The number of amides is 2. The molecule has 3 aromatic rings. The van der Waals surface area contributed by atoms with Crippen LogP contribution in [0.4, 0.5) is 5.69 Å². The Morgan fingerprint density at radius 2 is 1.67 bits per heavy atom. The van der Waals surface area contributed by atoms with E-state index < -0.39 is 0 Å². The van der Waals surface area contributed by atoms with Crippen LogP contribution in [0.1, 0.15) is 32.7 Å². The first-order chi connectivity index (χ1) is 12.8. The van der Waals surface area contributed by atoms with E-state index in [1.807, 2.05) is 58.0 Å². The second-order valence-corrected chi connectivity index (χ2v) is 7.20. The number of rotatable bonds is 4. The summed E-state index contributed by atoms with van der Waals surface area (Å²) in [4.78, 5) is 29.8. The van der Waals surface area contributed by atoms with Gasteiger partial charge in [-0.3, -0.25) is 9.59 Å². The third kappa shape index (κ3) is 3.87. The molecule has 3 rings (SSSR count). The molecule has 0 saturated carbocycles. The summed E-state index contributed by atoms with van der Waals surface area (Å²) in [5.74, 6) is -0.425. The van der Waals surface area contributed by atoms with Crippen molar-refractivity contribution in [3.05, 3.63) is 64.3 Å². The molecule has 0 aliphatic rings. The molecule has 27 heavy (non-hydrogen) atoms. The van der Waals surface area contributed by atoms with Crippen molar-refractivity contribution < 1.29 is 9.59 Å². The minimum absolute atomic E-state index is 0.0139. The average molecular weight is 363 g/mol. The number of para-hydroxylation sites is 1. The van der Waals surface area contributed by atoms with Crippen molar-refractivity contribution >= 4 is 28.4 Å². The SMILES string of the molecule is Cc1cc(C)c2cc(C(=O)N(C)CC(=O)Nc3c(C)cccc3C)[nH]c2c1. The highest BCUT2D eigenvalue weighted by atomic mass is 16.2. The number of aryl methyl sites for hydroxylation is 4. The predicted molar refractivity (Wildman–Crippen MR) is 109 cm³/mol. The molecule has 0 aliphatic heterocycles. The lowest BCUT2D eigenvalue weighted by molar-refractivity contribution is -0.116. The molecule has 5 nitrogen and oxygen atoms in total. The number of nitrogens with zero attached hydrogens (tertiary/aromatic N) is 1. The van der Waals surface area contributed by atoms with Crippen molar-refractivity contribution in [1.29, 1.82) is 0 Å². The van der Waals surface area contributed by atoms with Gasteiger partial charge in [-0.15, -0.1) is 0 Å². The standard InChI is InChI=1S/C22H25N3O2/c1-13-9-16(4)17-11-19(23-18(17)10-13)22(27)25(5)12-20(26)24-21-14(2)7-6-8-15(21)3/h6-11,23H,12H2,1-5H3,(H,24,26). The summed E-state index contributed by atoms with van der Waals surface area (Å²) in [6, 6.07) is 11.8. The number of aromatic nitrogens is 1. The number of hydrogen-bond acceptors (Lipinski definition) is 2. The Labute approximate surface area is 159 Å². The van der Waals surface area contributed by atoms with Crippen molar-refractivity contribution in [2.45, 2.75) is 27.7 Å². The first-order valence-corrected chi connectivity index (χ1v) is 8.97. The maximum absolute atomic E-state index is 12.7. The summed E-state index contributed by atoms with van der Waals surface area (Å²) in [6.45, 7) is 7.94. The molecule has 0 unspecified atom stereocenters. The number of H-pyrrole nitrogens is 1. The molecule has 1 heterocycles. The lowest BCUT2D eigenvalue weighted by Crippen LogP contribution is -2.35. The summed E-state index contributed by atoms with van der Waals surface area (Å²) in [5.41, 5.74) is 6.49. The highest BCUT2D eigenvalue weighted by molar-refractivity contribution is 6.02. The summed E-state index contributed by atoms with van der Waals surface area (Å²) in [7, 11) is 1.64. The van der Waals surface area contributed by atoms with Crippen LogP contribution in [0.15, 0.2) is 36.4 Å². The lowest BCUT2D eigenvalue weighted by Gasteiger charge is -2.17. The average Bonchev–Trinajstić information content (AvgIpc) is 3.01.